The van der Waals surface area contributed by atoms with Gasteiger partial charge in [-0.05, 0) is 29.6 Å². The summed E-state index contributed by atoms with van der Waals surface area (Å²) in [5.74, 6) is 5.27. The third kappa shape index (κ3) is 6.45. The molecule has 1 amide bonds. The zero-order valence-corrected chi connectivity index (χ0v) is 12.7. The number of carbonyl (C=O) groups excluding carboxylic acids is 1. The Morgan fingerprint density at radius 2 is 2.00 bits per heavy atom. The second-order valence-electron chi connectivity index (χ2n) is 4.55. The summed E-state index contributed by atoms with van der Waals surface area (Å²) in [7, 11) is 0. The molecule has 7 heteroatoms. The van der Waals surface area contributed by atoms with Crippen molar-refractivity contribution < 1.29 is 18.0 Å². The lowest BCUT2D eigenvalue weighted by Crippen LogP contribution is -2.37. The first-order valence-electron chi connectivity index (χ1n) is 6.65. The highest BCUT2D eigenvalue weighted by Gasteiger charge is 2.27. The van der Waals surface area contributed by atoms with E-state index < -0.39 is 18.6 Å². The molecule has 2 rings (SSSR count). The molecule has 0 saturated heterocycles. The molecule has 1 aromatic carbocycles. The fraction of sp³-hybridized carbons (Fsp3) is 0.188. The number of halogens is 3. The topological polar surface area (TPSA) is 41.1 Å². The normalized spacial score (nSPS) is 10.6. The molecule has 0 unspecified atom stereocenters. The number of nitrogens with one attached hydrogen (secondary N) is 2. The molecular weight excluding hydrogens is 325 g/mol. The predicted molar refractivity (Wildman–Crippen MR) is 84.3 cm³/mol. The lowest BCUT2D eigenvalue weighted by molar-refractivity contribution is -0.137. The van der Waals surface area contributed by atoms with Crippen molar-refractivity contribution in [3.05, 3.63) is 52.2 Å². The minimum Gasteiger partial charge on any atom is -0.376 e. The number of hydrogen-bond acceptors (Lipinski definition) is 3. The van der Waals surface area contributed by atoms with Crippen LogP contribution in [0.4, 0.5) is 18.9 Å². The zero-order valence-electron chi connectivity index (χ0n) is 11.9. The van der Waals surface area contributed by atoms with E-state index >= 15 is 0 Å². The fourth-order valence-electron chi connectivity index (χ4n) is 1.63. The van der Waals surface area contributed by atoms with Gasteiger partial charge in [0.05, 0.1) is 11.4 Å². The molecule has 3 nitrogen and oxygen atoms in total. The molecule has 1 aromatic heterocycles. The molecule has 120 valence electrons. The highest BCUT2D eigenvalue weighted by Crippen LogP contribution is 2.13. The molecule has 0 aliphatic rings. The van der Waals surface area contributed by atoms with E-state index in [4.69, 9.17) is 0 Å². The zero-order chi connectivity index (χ0) is 16.7. The maximum atomic E-state index is 12.0. The van der Waals surface area contributed by atoms with Crippen LogP contribution in [-0.4, -0.2) is 25.2 Å². The standard InChI is InChI=1S/C16H13F3N2OS/c17-16(18,19)11-21-15(22)10-20-13-4-1-3-12(9-13)6-7-14-5-2-8-23-14/h1-5,8-9,20H,10-11H2,(H,21,22). The molecule has 0 aliphatic carbocycles. The summed E-state index contributed by atoms with van der Waals surface area (Å²) in [6, 6.07) is 10.8. The van der Waals surface area contributed by atoms with Crippen LogP contribution in [0.1, 0.15) is 10.4 Å². The number of rotatable bonds is 4. The first kappa shape index (κ1) is 16.9. The van der Waals surface area contributed by atoms with Gasteiger partial charge in [0, 0.05) is 11.3 Å². The second kappa shape index (κ2) is 7.70. The van der Waals surface area contributed by atoms with Crippen molar-refractivity contribution in [1.29, 1.82) is 0 Å². The van der Waals surface area contributed by atoms with E-state index in [1.807, 2.05) is 23.6 Å². The molecule has 23 heavy (non-hydrogen) atoms. The van der Waals surface area contributed by atoms with Crippen molar-refractivity contribution in [2.75, 3.05) is 18.4 Å². The van der Waals surface area contributed by atoms with Crippen LogP contribution in [0.3, 0.4) is 0 Å². The Morgan fingerprint density at radius 1 is 1.17 bits per heavy atom. The van der Waals surface area contributed by atoms with Gasteiger partial charge in [0.1, 0.15) is 6.54 Å². The van der Waals surface area contributed by atoms with E-state index in [9.17, 15) is 18.0 Å². The van der Waals surface area contributed by atoms with E-state index in [0.29, 0.717) is 5.69 Å². The summed E-state index contributed by atoms with van der Waals surface area (Å²) in [6.45, 7) is -1.57. The Kier molecular flexibility index (Phi) is 5.66. The first-order chi connectivity index (χ1) is 10.9. The van der Waals surface area contributed by atoms with Gasteiger partial charge in [-0.15, -0.1) is 11.3 Å². The van der Waals surface area contributed by atoms with Gasteiger partial charge in [0.2, 0.25) is 5.91 Å². The molecule has 0 bridgehead atoms. The molecule has 0 radical (unpaired) electrons. The number of amides is 1. The highest BCUT2D eigenvalue weighted by molar-refractivity contribution is 7.10. The molecule has 0 atom stereocenters. The number of thiophene rings is 1. The summed E-state index contributed by atoms with van der Waals surface area (Å²) >= 11 is 1.53. The van der Waals surface area contributed by atoms with Crippen LogP contribution in [0.25, 0.3) is 0 Å². The summed E-state index contributed by atoms with van der Waals surface area (Å²) in [5, 5.41) is 6.50. The Balaban J connectivity index is 1.89. The minimum atomic E-state index is -4.41. The quantitative estimate of drug-likeness (QED) is 0.841. The summed E-state index contributed by atoms with van der Waals surface area (Å²) in [6.07, 6.45) is -4.41. The monoisotopic (exact) mass is 338 g/mol. The van der Waals surface area contributed by atoms with Gasteiger partial charge in [0.15, 0.2) is 0 Å². The maximum Gasteiger partial charge on any atom is 0.405 e. The van der Waals surface area contributed by atoms with Crippen LogP contribution in [-0.2, 0) is 4.79 Å². The maximum absolute atomic E-state index is 12.0. The molecule has 2 N–H and O–H groups in total. The number of alkyl halides is 3. The molecule has 0 spiro atoms. The average molecular weight is 338 g/mol. The van der Waals surface area contributed by atoms with Gasteiger partial charge in [-0.25, -0.2) is 0 Å². The highest BCUT2D eigenvalue weighted by atomic mass is 32.1. The van der Waals surface area contributed by atoms with Gasteiger partial charge >= 0.3 is 6.18 Å². The lowest BCUT2D eigenvalue weighted by Gasteiger charge is -2.09. The number of benzene rings is 1. The molecular formula is C16H13F3N2OS. The minimum absolute atomic E-state index is 0.238. The van der Waals surface area contributed by atoms with E-state index in [0.717, 1.165) is 10.4 Å². The van der Waals surface area contributed by atoms with E-state index in [1.165, 1.54) is 11.3 Å². The molecule has 0 aliphatic heterocycles. The molecule has 1 heterocycles. The Morgan fingerprint density at radius 3 is 2.70 bits per heavy atom. The van der Waals surface area contributed by atoms with E-state index in [2.05, 4.69) is 17.2 Å². The smallest absolute Gasteiger partial charge is 0.376 e. The van der Waals surface area contributed by atoms with Crippen LogP contribution >= 0.6 is 11.3 Å². The van der Waals surface area contributed by atoms with Crippen LogP contribution in [0, 0.1) is 11.8 Å². The second-order valence-corrected chi connectivity index (χ2v) is 5.50. The summed E-state index contributed by atoms with van der Waals surface area (Å²) < 4.78 is 36.0. The summed E-state index contributed by atoms with van der Waals surface area (Å²) in [4.78, 5) is 12.3. The third-order valence-electron chi connectivity index (χ3n) is 2.65. The van der Waals surface area contributed by atoms with Gasteiger partial charge in [-0.2, -0.15) is 13.2 Å². The van der Waals surface area contributed by atoms with Crippen LogP contribution in [0.15, 0.2) is 41.8 Å². The number of hydrogen-bond donors (Lipinski definition) is 2. The fourth-order valence-corrected chi connectivity index (χ4v) is 2.20. The van der Waals surface area contributed by atoms with E-state index in [1.54, 1.807) is 23.5 Å². The SMILES string of the molecule is O=C(CNc1cccc(C#Cc2cccs2)c1)NCC(F)(F)F. The molecule has 0 saturated carbocycles. The molecule has 0 fully saturated rings. The Bertz CT molecular complexity index is 715. The largest absolute Gasteiger partial charge is 0.405 e. The van der Waals surface area contributed by atoms with E-state index in [-0.39, 0.29) is 6.54 Å². The van der Waals surface area contributed by atoms with Gasteiger partial charge in [-0.1, -0.05) is 24.0 Å². The Hall–Kier alpha value is -2.46. The average Bonchev–Trinajstić information content (AvgIpc) is 3.02. The summed E-state index contributed by atoms with van der Waals surface area (Å²) in [5.41, 5.74) is 1.37. The van der Waals surface area contributed by atoms with Crippen molar-refractivity contribution >= 4 is 22.9 Å². The van der Waals surface area contributed by atoms with Crippen molar-refractivity contribution in [3.8, 4) is 11.8 Å². The van der Waals surface area contributed by atoms with Crippen LogP contribution in [0.2, 0.25) is 0 Å². The predicted octanol–water partition coefficient (Wildman–Crippen LogP) is 3.24. The number of carbonyl (C=O) groups is 1. The Labute approximate surface area is 135 Å². The van der Waals surface area contributed by atoms with Gasteiger partial charge in [-0.3, -0.25) is 4.79 Å². The van der Waals surface area contributed by atoms with Gasteiger partial charge in [0.25, 0.3) is 0 Å². The van der Waals surface area contributed by atoms with Crippen molar-refractivity contribution in [2.45, 2.75) is 6.18 Å². The third-order valence-corrected chi connectivity index (χ3v) is 3.44. The number of anilines is 1. The van der Waals surface area contributed by atoms with Crippen LogP contribution in [0.5, 0.6) is 0 Å². The first-order valence-corrected chi connectivity index (χ1v) is 7.53. The molecule has 2 aromatic rings. The van der Waals surface area contributed by atoms with Crippen molar-refractivity contribution in [3.63, 3.8) is 0 Å². The van der Waals surface area contributed by atoms with Gasteiger partial charge < -0.3 is 10.6 Å². The van der Waals surface area contributed by atoms with Crippen molar-refractivity contribution in [2.24, 2.45) is 0 Å². The van der Waals surface area contributed by atoms with Crippen LogP contribution < -0.4 is 10.6 Å². The lowest BCUT2D eigenvalue weighted by atomic mass is 10.2. The van der Waals surface area contributed by atoms with Crippen molar-refractivity contribution in [1.82, 2.24) is 5.32 Å².